The maximum atomic E-state index is 5.67. The van der Waals surface area contributed by atoms with Gasteiger partial charge in [-0.05, 0) is 38.4 Å². The van der Waals surface area contributed by atoms with Crippen LogP contribution in [0.3, 0.4) is 0 Å². The number of fused-ring (bicyclic) bond motifs is 1. The van der Waals surface area contributed by atoms with Crippen molar-refractivity contribution in [2.45, 2.75) is 56.5 Å². The van der Waals surface area contributed by atoms with Crippen LogP contribution < -0.4 is 0 Å². The average molecular weight is 186 g/mol. The molecule has 1 aliphatic heterocycles. The predicted molar refractivity (Wildman–Crippen MR) is 53.7 cm³/mol. The quantitative estimate of drug-likeness (QED) is 0.628. The van der Waals surface area contributed by atoms with Crippen LogP contribution in [0, 0.1) is 0 Å². The third kappa shape index (κ3) is 1.51. The van der Waals surface area contributed by atoms with Crippen LogP contribution in [0.1, 0.15) is 39.5 Å². The van der Waals surface area contributed by atoms with Gasteiger partial charge in [0.25, 0.3) is 0 Å². The molecule has 2 fully saturated rings. The maximum absolute atomic E-state index is 5.67. The van der Waals surface area contributed by atoms with E-state index in [1.165, 1.54) is 31.4 Å². The minimum absolute atomic E-state index is 0.457. The highest BCUT2D eigenvalue weighted by atomic mass is 32.2. The average Bonchev–Trinajstić information content (AvgIpc) is 2.82. The van der Waals surface area contributed by atoms with E-state index in [2.05, 4.69) is 25.6 Å². The van der Waals surface area contributed by atoms with E-state index in [1.807, 2.05) is 0 Å². The molecule has 0 aromatic carbocycles. The van der Waals surface area contributed by atoms with E-state index >= 15 is 0 Å². The Bertz CT molecular complexity index is 171. The SMILES string of the molecule is CCCSC1(C)CCCC2OC21. The van der Waals surface area contributed by atoms with Gasteiger partial charge in [-0.3, -0.25) is 0 Å². The molecule has 0 spiro atoms. The second kappa shape index (κ2) is 3.22. The molecule has 70 valence electrons. The second-order valence-electron chi connectivity index (χ2n) is 4.15. The molecule has 1 nitrogen and oxygen atoms in total. The van der Waals surface area contributed by atoms with Gasteiger partial charge in [0.2, 0.25) is 0 Å². The fraction of sp³-hybridized carbons (Fsp3) is 1.00. The highest BCUT2D eigenvalue weighted by Gasteiger charge is 2.54. The molecular formula is C10H18OS. The zero-order valence-corrected chi connectivity index (χ0v) is 8.82. The Hall–Kier alpha value is 0.310. The topological polar surface area (TPSA) is 12.5 Å². The summed E-state index contributed by atoms with van der Waals surface area (Å²) < 4.78 is 6.13. The van der Waals surface area contributed by atoms with Crippen molar-refractivity contribution >= 4 is 11.8 Å². The van der Waals surface area contributed by atoms with Gasteiger partial charge >= 0.3 is 0 Å². The van der Waals surface area contributed by atoms with Gasteiger partial charge in [0.05, 0.1) is 12.2 Å². The Balaban J connectivity index is 1.90. The van der Waals surface area contributed by atoms with E-state index in [-0.39, 0.29) is 0 Å². The third-order valence-corrected chi connectivity index (χ3v) is 4.69. The Kier molecular flexibility index (Phi) is 2.39. The van der Waals surface area contributed by atoms with E-state index in [1.54, 1.807) is 0 Å². The lowest BCUT2D eigenvalue weighted by atomic mass is 9.90. The largest absolute Gasteiger partial charge is 0.368 e. The lowest BCUT2D eigenvalue weighted by molar-refractivity contribution is 0.352. The zero-order chi connectivity index (χ0) is 8.60. The molecule has 1 heterocycles. The Morgan fingerprint density at radius 1 is 1.58 bits per heavy atom. The monoisotopic (exact) mass is 186 g/mol. The van der Waals surface area contributed by atoms with Gasteiger partial charge in [-0.15, -0.1) is 0 Å². The van der Waals surface area contributed by atoms with Gasteiger partial charge in [0, 0.05) is 4.75 Å². The van der Waals surface area contributed by atoms with Crippen LogP contribution in [0.25, 0.3) is 0 Å². The molecule has 0 aromatic rings. The van der Waals surface area contributed by atoms with Gasteiger partial charge in [0.15, 0.2) is 0 Å². The molecule has 2 aliphatic rings. The van der Waals surface area contributed by atoms with Gasteiger partial charge in [-0.25, -0.2) is 0 Å². The molecule has 3 atom stereocenters. The summed E-state index contributed by atoms with van der Waals surface area (Å²) in [6.07, 6.45) is 6.56. The first-order chi connectivity index (χ1) is 5.76. The van der Waals surface area contributed by atoms with Crippen molar-refractivity contribution in [1.82, 2.24) is 0 Å². The molecule has 0 aromatic heterocycles. The molecule has 0 amide bonds. The smallest absolute Gasteiger partial charge is 0.0985 e. The molecule has 0 radical (unpaired) electrons. The summed E-state index contributed by atoms with van der Waals surface area (Å²) in [4.78, 5) is 0. The summed E-state index contributed by atoms with van der Waals surface area (Å²) in [5.41, 5.74) is 0. The van der Waals surface area contributed by atoms with Crippen molar-refractivity contribution in [3.63, 3.8) is 0 Å². The minimum atomic E-state index is 0.457. The Labute approximate surface area is 79.2 Å². The van der Waals surface area contributed by atoms with Gasteiger partial charge < -0.3 is 4.74 Å². The van der Waals surface area contributed by atoms with Crippen molar-refractivity contribution < 1.29 is 4.74 Å². The number of hydrogen-bond acceptors (Lipinski definition) is 2. The first-order valence-electron chi connectivity index (χ1n) is 5.06. The van der Waals surface area contributed by atoms with Crippen LogP contribution in [0.2, 0.25) is 0 Å². The molecule has 0 N–H and O–H groups in total. The molecule has 2 rings (SSSR count). The fourth-order valence-electron chi connectivity index (χ4n) is 2.19. The summed E-state index contributed by atoms with van der Waals surface area (Å²) in [7, 11) is 0. The molecule has 3 unspecified atom stereocenters. The summed E-state index contributed by atoms with van der Waals surface area (Å²) in [6.45, 7) is 4.64. The van der Waals surface area contributed by atoms with Gasteiger partial charge in [-0.1, -0.05) is 6.92 Å². The summed E-state index contributed by atoms with van der Waals surface area (Å²) >= 11 is 2.12. The van der Waals surface area contributed by atoms with Gasteiger partial charge in [0.1, 0.15) is 0 Å². The molecule has 2 heteroatoms. The molecule has 1 aliphatic carbocycles. The van der Waals surface area contributed by atoms with Crippen molar-refractivity contribution in [1.29, 1.82) is 0 Å². The summed E-state index contributed by atoms with van der Waals surface area (Å²) in [5.74, 6) is 1.29. The third-order valence-electron chi connectivity index (χ3n) is 2.98. The number of thioether (sulfide) groups is 1. The van der Waals surface area contributed by atoms with Gasteiger partial charge in [-0.2, -0.15) is 11.8 Å². The van der Waals surface area contributed by atoms with Crippen molar-refractivity contribution in [2.24, 2.45) is 0 Å². The molecule has 1 saturated carbocycles. The fourth-order valence-corrected chi connectivity index (χ4v) is 3.52. The van der Waals surface area contributed by atoms with Crippen molar-refractivity contribution in [2.75, 3.05) is 5.75 Å². The second-order valence-corrected chi connectivity index (χ2v) is 5.78. The van der Waals surface area contributed by atoms with E-state index in [4.69, 9.17) is 4.74 Å². The first-order valence-corrected chi connectivity index (χ1v) is 6.04. The number of ether oxygens (including phenoxy) is 1. The lowest BCUT2D eigenvalue weighted by Crippen LogP contribution is -2.32. The molecule has 0 bridgehead atoms. The standard InChI is InChI=1S/C10H18OS/c1-3-7-12-10(2)6-4-5-8-9(10)11-8/h8-9H,3-7H2,1-2H3. The minimum Gasteiger partial charge on any atom is -0.368 e. The molecule has 12 heavy (non-hydrogen) atoms. The van der Waals surface area contributed by atoms with Crippen LogP contribution in [-0.2, 0) is 4.74 Å². The van der Waals surface area contributed by atoms with E-state index in [0.717, 1.165) is 0 Å². The van der Waals surface area contributed by atoms with E-state index < -0.39 is 0 Å². The molecular weight excluding hydrogens is 168 g/mol. The van der Waals surface area contributed by atoms with E-state index in [9.17, 15) is 0 Å². The zero-order valence-electron chi connectivity index (χ0n) is 8.01. The predicted octanol–water partition coefficient (Wildman–Crippen LogP) is 2.84. The number of rotatable bonds is 3. The van der Waals surface area contributed by atoms with Crippen LogP contribution >= 0.6 is 11.8 Å². The number of hydrogen-bond donors (Lipinski definition) is 0. The van der Waals surface area contributed by atoms with Crippen molar-refractivity contribution in [3.05, 3.63) is 0 Å². The summed E-state index contributed by atoms with van der Waals surface area (Å²) in [6, 6.07) is 0. The van der Waals surface area contributed by atoms with Crippen LogP contribution in [0.5, 0.6) is 0 Å². The van der Waals surface area contributed by atoms with Crippen molar-refractivity contribution in [3.8, 4) is 0 Å². The lowest BCUT2D eigenvalue weighted by Gasteiger charge is -2.30. The summed E-state index contributed by atoms with van der Waals surface area (Å²) in [5, 5.41) is 0. The Morgan fingerprint density at radius 2 is 2.42 bits per heavy atom. The maximum Gasteiger partial charge on any atom is 0.0985 e. The highest BCUT2D eigenvalue weighted by Crippen LogP contribution is 2.50. The van der Waals surface area contributed by atoms with Crippen LogP contribution in [-0.4, -0.2) is 22.7 Å². The first kappa shape index (κ1) is 8.89. The van der Waals surface area contributed by atoms with Crippen LogP contribution in [0.15, 0.2) is 0 Å². The molecule has 1 saturated heterocycles. The van der Waals surface area contributed by atoms with E-state index in [0.29, 0.717) is 17.0 Å². The highest BCUT2D eigenvalue weighted by molar-refractivity contribution is 8.00. The Morgan fingerprint density at radius 3 is 3.17 bits per heavy atom. The number of epoxide rings is 1. The normalized spacial score (nSPS) is 45.5. The van der Waals surface area contributed by atoms with Crippen LogP contribution in [0.4, 0.5) is 0 Å².